The van der Waals surface area contributed by atoms with Crippen LogP contribution >= 0.6 is 0 Å². The normalized spacial score (nSPS) is 14.7. The molecule has 1 fully saturated rings. The van der Waals surface area contributed by atoms with Crippen molar-refractivity contribution in [2.45, 2.75) is 33.2 Å². The summed E-state index contributed by atoms with van der Waals surface area (Å²) in [5.41, 5.74) is 3.65. The Kier molecular flexibility index (Phi) is 3.33. The van der Waals surface area contributed by atoms with Gasteiger partial charge in [0, 0.05) is 30.4 Å². The number of rotatable bonds is 5. The van der Waals surface area contributed by atoms with Crippen molar-refractivity contribution < 1.29 is 4.79 Å². The molecule has 1 aliphatic rings. The van der Waals surface area contributed by atoms with Crippen LogP contribution in [-0.2, 0) is 6.54 Å². The molecular weight excluding hydrogens is 286 g/mol. The second kappa shape index (κ2) is 5.37. The number of hydrogen-bond acceptors (Lipinski definition) is 2. The molecule has 4 nitrogen and oxygen atoms in total. The quantitative estimate of drug-likeness (QED) is 0.667. The first-order chi connectivity index (χ1) is 11.1. The van der Waals surface area contributed by atoms with Gasteiger partial charge in [-0.3, -0.25) is 9.48 Å². The van der Waals surface area contributed by atoms with Gasteiger partial charge >= 0.3 is 0 Å². The lowest BCUT2D eigenvalue weighted by Crippen LogP contribution is -2.06. The monoisotopic (exact) mass is 307 g/mol. The van der Waals surface area contributed by atoms with E-state index in [0.29, 0.717) is 0 Å². The molecule has 4 rings (SSSR count). The average molecular weight is 307 g/mol. The first-order valence-corrected chi connectivity index (χ1v) is 8.31. The first-order valence-electron chi connectivity index (χ1n) is 8.31. The number of carbonyl (C=O) groups is 1. The van der Waals surface area contributed by atoms with Crippen molar-refractivity contribution in [3.63, 3.8) is 0 Å². The van der Waals surface area contributed by atoms with Gasteiger partial charge in [-0.15, -0.1) is 0 Å². The van der Waals surface area contributed by atoms with Crippen molar-refractivity contribution in [2.24, 2.45) is 11.8 Å². The van der Waals surface area contributed by atoms with Gasteiger partial charge < -0.3 is 4.40 Å². The van der Waals surface area contributed by atoms with Crippen LogP contribution < -0.4 is 0 Å². The molecule has 1 saturated carbocycles. The van der Waals surface area contributed by atoms with Crippen LogP contribution in [0.1, 0.15) is 37.0 Å². The average Bonchev–Trinajstić information content (AvgIpc) is 3.10. The van der Waals surface area contributed by atoms with Crippen LogP contribution in [0, 0.1) is 11.8 Å². The van der Waals surface area contributed by atoms with Crippen molar-refractivity contribution in [3.8, 4) is 11.4 Å². The van der Waals surface area contributed by atoms with Gasteiger partial charge in [-0.25, -0.2) is 0 Å². The summed E-state index contributed by atoms with van der Waals surface area (Å²) in [6, 6.07) is 9.99. The Bertz CT molecular complexity index is 868. The Balaban J connectivity index is 1.80. The summed E-state index contributed by atoms with van der Waals surface area (Å²) in [6.07, 6.45) is 6.67. The van der Waals surface area contributed by atoms with Gasteiger partial charge in [0.05, 0.1) is 11.2 Å². The topological polar surface area (TPSA) is 39.3 Å². The van der Waals surface area contributed by atoms with E-state index < -0.39 is 0 Å². The van der Waals surface area contributed by atoms with Crippen LogP contribution in [0.5, 0.6) is 0 Å². The van der Waals surface area contributed by atoms with Crippen molar-refractivity contribution >= 4 is 11.3 Å². The molecule has 3 heterocycles. The molecule has 0 aromatic carbocycles. The van der Waals surface area contributed by atoms with Gasteiger partial charge in [-0.05, 0) is 43.0 Å². The highest BCUT2D eigenvalue weighted by molar-refractivity contribution is 6.05. The fraction of sp³-hybridized carbons (Fsp3) is 0.368. The molecule has 0 bridgehead atoms. The molecule has 0 N–H and O–H groups in total. The van der Waals surface area contributed by atoms with E-state index in [-0.39, 0.29) is 11.7 Å². The van der Waals surface area contributed by atoms with Crippen molar-refractivity contribution in [1.82, 2.24) is 14.2 Å². The van der Waals surface area contributed by atoms with E-state index in [1.54, 1.807) is 0 Å². The molecule has 0 unspecified atom stereocenters. The Labute approximate surface area is 135 Å². The highest BCUT2D eigenvalue weighted by Crippen LogP contribution is 2.31. The Hall–Kier alpha value is -2.36. The van der Waals surface area contributed by atoms with Gasteiger partial charge in [-0.1, -0.05) is 19.9 Å². The Morgan fingerprint density at radius 1 is 1.26 bits per heavy atom. The van der Waals surface area contributed by atoms with Crippen molar-refractivity contribution in [1.29, 1.82) is 0 Å². The molecular formula is C19H21N3O. The number of pyridine rings is 1. The van der Waals surface area contributed by atoms with Gasteiger partial charge in [0.1, 0.15) is 5.69 Å². The van der Waals surface area contributed by atoms with E-state index in [1.807, 2.05) is 61.3 Å². The minimum absolute atomic E-state index is 0.0123. The number of hydrogen-bond donors (Lipinski definition) is 0. The second-order valence-corrected chi connectivity index (χ2v) is 6.78. The third kappa shape index (κ3) is 2.58. The standard InChI is InChI=1S/C19H21N3O/c1-13(2)19(23)15-11-18(22-9-4-3-5-17(15)22)16-8-10-21(20-16)12-14-6-7-14/h3-5,8-11,13-14H,6-7,12H2,1-2H3. The molecule has 0 amide bonds. The molecule has 4 heteroatoms. The van der Waals surface area contributed by atoms with E-state index >= 15 is 0 Å². The fourth-order valence-corrected chi connectivity index (χ4v) is 3.02. The summed E-state index contributed by atoms with van der Waals surface area (Å²) in [4.78, 5) is 12.5. The minimum Gasteiger partial charge on any atom is -0.314 e. The second-order valence-electron chi connectivity index (χ2n) is 6.78. The van der Waals surface area contributed by atoms with Gasteiger partial charge in [-0.2, -0.15) is 5.10 Å². The summed E-state index contributed by atoms with van der Waals surface area (Å²) in [5.74, 6) is 0.962. The number of Topliss-reactive ketones (excluding diaryl/α,β-unsaturated/α-hetero) is 1. The van der Waals surface area contributed by atoms with Crippen LogP contribution in [0.4, 0.5) is 0 Å². The maximum atomic E-state index is 12.5. The maximum Gasteiger partial charge on any atom is 0.167 e. The molecule has 1 aliphatic carbocycles. The number of carbonyl (C=O) groups excluding carboxylic acids is 1. The highest BCUT2D eigenvalue weighted by Gasteiger charge is 2.23. The van der Waals surface area contributed by atoms with Crippen LogP contribution in [0.3, 0.4) is 0 Å². The number of aromatic nitrogens is 3. The summed E-state index contributed by atoms with van der Waals surface area (Å²) in [5, 5.41) is 4.71. The summed E-state index contributed by atoms with van der Waals surface area (Å²) >= 11 is 0. The maximum absolute atomic E-state index is 12.5. The molecule has 0 saturated heterocycles. The minimum atomic E-state index is -0.0123. The predicted molar refractivity (Wildman–Crippen MR) is 90.5 cm³/mol. The van der Waals surface area contributed by atoms with Crippen LogP contribution in [0.2, 0.25) is 0 Å². The third-order valence-electron chi connectivity index (χ3n) is 4.51. The summed E-state index contributed by atoms with van der Waals surface area (Å²) in [7, 11) is 0. The lowest BCUT2D eigenvalue weighted by molar-refractivity contribution is 0.0941. The molecule has 0 atom stereocenters. The van der Waals surface area contributed by atoms with Gasteiger partial charge in [0.25, 0.3) is 0 Å². The Morgan fingerprint density at radius 3 is 2.83 bits per heavy atom. The molecule has 3 aromatic heterocycles. The van der Waals surface area contributed by atoms with E-state index in [2.05, 4.69) is 4.40 Å². The smallest absolute Gasteiger partial charge is 0.167 e. The molecule has 23 heavy (non-hydrogen) atoms. The number of nitrogens with zero attached hydrogens (tertiary/aromatic N) is 3. The van der Waals surface area contributed by atoms with E-state index in [1.165, 1.54) is 12.8 Å². The van der Waals surface area contributed by atoms with Crippen LogP contribution in [0.15, 0.2) is 42.7 Å². The van der Waals surface area contributed by atoms with E-state index in [4.69, 9.17) is 5.10 Å². The first kappa shape index (κ1) is 14.2. The SMILES string of the molecule is CC(C)C(=O)c1cc(-c2ccn(CC3CC3)n2)n2ccccc12. The van der Waals surface area contributed by atoms with Crippen molar-refractivity contribution in [3.05, 3.63) is 48.3 Å². The third-order valence-corrected chi connectivity index (χ3v) is 4.51. The fourth-order valence-electron chi connectivity index (χ4n) is 3.02. The van der Waals surface area contributed by atoms with Crippen LogP contribution in [0.25, 0.3) is 16.9 Å². The van der Waals surface area contributed by atoms with Gasteiger partial charge in [0.2, 0.25) is 0 Å². The zero-order valence-electron chi connectivity index (χ0n) is 13.6. The summed E-state index contributed by atoms with van der Waals surface area (Å²) in [6.45, 7) is 4.89. The molecule has 0 spiro atoms. The molecule has 118 valence electrons. The van der Waals surface area contributed by atoms with Crippen molar-refractivity contribution in [2.75, 3.05) is 0 Å². The highest BCUT2D eigenvalue weighted by atomic mass is 16.1. The lowest BCUT2D eigenvalue weighted by Gasteiger charge is -2.02. The Morgan fingerprint density at radius 2 is 2.09 bits per heavy atom. The molecule has 0 radical (unpaired) electrons. The zero-order valence-corrected chi connectivity index (χ0v) is 13.6. The van der Waals surface area contributed by atoms with E-state index in [9.17, 15) is 4.79 Å². The molecule has 0 aliphatic heterocycles. The summed E-state index contributed by atoms with van der Waals surface area (Å²) < 4.78 is 4.10. The van der Waals surface area contributed by atoms with Crippen LogP contribution in [-0.4, -0.2) is 20.0 Å². The number of fused-ring (bicyclic) bond motifs is 1. The largest absolute Gasteiger partial charge is 0.314 e. The zero-order chi connectivity index (χ0) is 16.0. The van der Waals surface area contributed by atoms with Gasteiger partial charge in [0.15, 0.2) is 5.78 Å². The number of ketones is 1. The lowest BCUT2D eigenvalue weighted by atomic mass is 10.0. The van der Waals surface area contributed by atoms with E-state index in [0.717, 1.165) is 34.9 Å². The molecule has 3 aromatic rings. The predicted octanol–water partition coefficient (Wildman–Crippen LogP) is 4.05.